The van der Waals surface area contributed by atoms with E-state index in [0.717, 1.165) is 32.8 Å². The average Bonchev–Trinajstić information content (AvgIpc) is 2.85. The molecule has 1 N–H and O–H groups in total. The molecule has 2 saturated heterocycles. The summed E-state index contributed by atoms with van der Waals surface area (Å²) >= 11 is 0. The molecule has 0 aliphatic carbocycles. The second kappa shape index (κ2) is 4.81. The Kier molecular flexibility index (Phi) is 3.65. The minimum absolute atomic E-state index is 0.198. The third-order valence-corrected chi connectivity index (χ3v) is 3.73. The molecule has 2 aliphatic heterocycles. The van der Waals surface area contributed by atoms with Gasteiger partial charge in [-0.25, -0.2) is 0 Å². The Balaban J connectivity index is 1.89. The molecule has 0 radical (unpaired) electrons. The standard InChI is InChI=1S/C12H23NO2/c1-3-11(10-4-6-14-8-10)13-12(2)5-7-15-9-12/h10-11,13H,3-9H2,1-2H3. The van der Waals surface area contributed by atoms with E-state index in [0.29, 0.717) is 12.0 Å². The predicted molar refractivity (Wildman–Crippen MR) is 60.0 cm³/mol. The molecule has 0 amide bonds. The molecule has 0 aromatic carbocycles. The molecular weight excluding hydrogens is 190 g/mol. The van der Waals surface area contributed by atoms with Crippen molar-refractivity contribution in [3.63, 3.8) is 0 Å². The molecule has 88 valence electrons. The summed E-state index contributed by atoms with van der Waals surface area (Å²) in [5.41, 5.74) is 0.198. The lowest BCUT2D eigenvalue weighted by Crippen LogP contribution is -2.51. The van der Waals surface area contributed by atoms with Crippen molar-refractivity contribution in [2.24, 2.45) is 5.92 Å². The Morgan fingerprint density at radius 2 is 2.27 bits per heavy atom. The van der Waals surface area contributed by atoms with E-state index in [1.54, 1.807) is 0 Å². The topological polar surface area (TPSA) is 30.5 Å². The third-order valence-electron chi connectivity index (χ3n) is 3.73. The molecule has 3 nitrogen and oxygen atoms in total. The highest BCUT2D eigenvalue weighted by Crippen LogP contribution is 2.24. The SMILES string of the molecule is CCC(NC1(C)CCOC1)C1CCOC1. The van der Waals surface area contributed by atoms with E-state index in [4.69, 9.17) is 9.47 Å². The van der Waals surface area contributed by atoms with E-state index in [-0.39, 0.29) is 5.54 Å². The van der Waals surface area contributed by atoms with Crippen molar-refractivity contribution in [1.29, 1.82) is 0 Å². The number of hydrogen-bond donors (Lipinski definition) is 1. The van der Waals surface area contributed by atoms with Crippen molar-refractivity contribution in [1.82, 2.24) is 5.32 Å². The third kappa shape index (κ3) is 2.71. The second-order valence-electron chi connectivity index (χ2n) is 5.15. The van der Waals surface area contributed by atoms with Crippen LogP contribution in [-0.2, 0) is 9.47 Å². The highest BCUT2D eigenvalue weighted by Gasteiger charge is 2.34. The molecule has 0 bridgehead atoms. The summed E-state index contributed by atoms with van der Waals surface area (Å²) < 4.78 is 10.9. The van der Waals surface area contributed by atoms with Crippen LogP contribution >= 0.6 is 0 Å². The van der Waals surface area contributed by atoms with Crippen LogP contribution in [-0.4, -0.2) is 38.0 Å². The van der Waals surface area contributed by atoms with Gasteiger partial charge in [0, 0.05) is 24.8 Å². The van der Waals surface area contributed by atoms with Crippen LogP contribution in [0.5, 0.6) is 0 Å². The molecule has 3 atom stereocenters. The fourth-order valence-corrected chi connectivity index (χ4v) is 2.65. The minimum atomic E-state index is 0.198. The van der Waals surface area contributed by atoms with E-state index >= 15 is 0 Å². The van der Waals surface area contributed by atoms with Crippen LogP contribution in [0.3, 0.4) is 0 Å². The lowest BCUT2D eigenvalue weighted by molar-refractivity contribution is 0.147. The molecule has 2 heterocycles. The van der Waals surface area contributed by atoms with Gasteiger partial charge in [-0.2, -0.15) is 0 Å². The van der Waals surface area contributed by atoms with Crippen LogP contribution in [0.1, 0.15) is 33.1 Å². The van der Waals surface area contributed by atoms with E-state index in [1.165, 1.54) is 12.8 Å². The van der Waals surface area contributed by atoms with Gasteiger partial charge in [0.25, 0.3) is 0 Å². The van der Waals surface area contributed by atoms with Crippen molar-refractivity contribution >= 4 is 0 Å². The zero-order valence-corrected chi connectivity index (χ0v) is 9.92. The zero-order valence-electron chi connectivity index (χ0n) is 9.92. The molecule has 0 aromatic heterocycles. The lowest BCUT2D eigenvalue weighted by Gasteiger charge is -2.32. The molecule has 2 rings (SSSR count). The largest absolute Gasteiger partial charge is 0.381 e. The number of ether oxygens (including phenoxy) is 2. The molecule has 0 aromatic rings. The highest BCUT2D eigenvalue weighted by molar-refractivity contribution is 4.92. The summed E-state index contributed by atoms with van der Waals surface area (Å²) in [6.07, 6.45) is 3.53. The molecule has 15 heavy (non-hydrogen) atoms. The van der Waals surface area contributed by atoms with Gasteiger partial charge in [-0.05, 0) is 32.1 Å². The van der Waals surface area contributed by atoms with Crippen molar-refractivity contribution in [3.05, 3.63) is 0 Å². The van der Waals surface area contributed by atoms with Gasteiger partial charge < -0.3 is 14.8 Å². The Hall–Kier alpha value is -0.120. The maximum absolute atomic E-state index is 5.47. The number of hydrogen-bond acceptors (Lipinski definition) is 3. The Labute approximate surface area is 92.5 Å². The summed E-state index contributed by atoms with van der Waals surface area (Å²) in [5, 5.41) is 3.78. The summed E-state index contributed by atoms with van der Waals surface area (Å²) in [6.45, 7) is 8.17. The van der Waals surface area contributed by atoms with Crippen molar-refractivity contribution < 1.29 is 9.47 Å². The molecule has 2 fully saturated rings. The van der Waals surface area contributed by atoms with Gasteiger partial charge in [-0.1, -0.05) is 6.92 Å². The Morgan fingerprint density at radius 3 is 2.80 bits per heavy atom. The van der Waals surface area contributed by atoms with Crippen LogP contribution < -0.4 is 5.32 Å². The quantitative estimate of drug-likeness (QED) is 0.769. The molecular formula is C12H23NO2. The summed E-state index contributed by atoms with van der Waals surface area (Å²) in [7, 11) is 0. The lowest BCUT2D eigenvalue weighted by atomic mass is 9.92. The summed E-state index contributed by atoms with van der Waals surface area (Å²) in [6, 6.07) is 0.596. The highest BCUT2D eigenvalue weighted by atomic mass is 16.5. The first-order valence-corrected chi connectivity index (χ1v) is 6.17. The van der Waals surface area contributed by atoms with Gasteiger partial charge in [0.2, 0.25) is 0 Å². The van der Waals surface area contributed by atoms with E-state index in [1.807, 2.05) is 0 Å². The monoisotopic (exact) mass is 213 g/mol. The van der Waals surface area contributed by atoms with Gasteiger partial charge in [0.1, 0.15) is 0 Å². The minimum Gasteiger partial charge on any atom is -0.381 e. The van der Waals surface area contributed by atoms with Crippen molar-refractivity contribution in [2.45, 2.75) is 44.7 Å². The van der Waals surface area contributed by atoms with Crippen LogP contribution in [0.15, 0.2) is 0 Å². The van der Waals surface area contributed by atoms with Crippen LogP contribution in [0.4, 0.5) is 0 Å². The second-order valence-corrected chi connectivity index (χ2v) is 5.15. The number of nitrogens with one attached hydrogen (secondary N) is 1. The average molecular weight is 213 g/mol. The normalized spacial score (nSPS) is 38.4. The maximum Gasteiger partial charge on any atom is 0.0646 e. The molecule has 3 heteroatoms. The van der Waals surface area contributed by atoms with Gasteiger partial charge in [-0.15, -0.1) is 0 Å². The first-order valence-electron chi connectivity index (χ1n) is 6.17. The fourth-order valence-electron chi connectivity index (χ4n) is 2.65. The van der Waals surface area contributed by atoms with Crippen LogP contribution in [0, 0.1) is 5.92 Å². The Morgan fingerprint density at radius 1 is 1.40 bits per heavy atom. The smallest absolute Gasteiger partial charge is 0.0646 e. The summed E-state index contributed by atoms with van der Waals surface area (Å²) in [5.74, 6) is 0.701. The first-order chi connectivity index (χ1) is 7.23. The first kappa shape index (κ1) is 11.4. The molecule has 0 saturated carbocycles. The van der Waals surface area contributed by atoms with Gasteiger partial charge in [0.15, 0.2) is 0 Å². The van der Waals surface area contributed by atoms with E-state index < -0.39 is 0 Å². The summed E-state index contributed by atoms with van der Waals surface area (Å²) in [4.78, 5) is 0. The van der Waals surface area contributed by atoms with Gasteiger partial charge in [0.05, 0.1) is 13.2 Å². The van der Waals surface area contributed by atoms with Gasteiger partial charge in [-0.3, -0.25) is 0 Å². The van der Waals surface area contributed by atoms with E-state index in [9.17, 15) is 0 Å². The molecule has 3 unspecified atom stereocenters. The van der Waals surface area contributed by atoms with Crippen molar-refractivity contribution in [2.75, 3.05) is 26.4 Å². The van der Waals surface area contributed by atoms with Crippen LogP contribution in [0.25, 0.3) is 0 Å². The fraction of sp³-hybridized carbons (Fsp3) is 1.00. The van der Waals surface area contributed by atoms with E-state index in [2.05, 4.69) is 19.2 Å². The maximum atomic E-state index is 5.47. The molecule has 2 aliphatic rings. The zero-order chi connectivity index (χ0) is 10.7. The predicted octanol–water partition coefficient (Wildman–Crippen LogP) is 1.57. The number of rotatable bonds is 4. The van der Waals surface area contributed by atoms with Crippen molar-refractivity contribution in [3.8, 4) is 0 Å². The Bertz CT molecular complexity index is 196. The van der Waals surface area contributed by atoms with Gasteiger partial charge >= 0.3 is 0 Å². The van der Waals surface area contributed by atoms with Crippen LogP contribution in [0.2, 0.25) is 0 Å². The molecule has 0 spiro atoms.